The summed E-state index contributed by atoms with van der Waals surface area (Å²) in [5.74, 6) is -0.244. The second-order valence-electron chi connectivity index (χ2n) is 12.0. The predicted octanol–water partition coefficient (Wildman–Crippen LogP) is 11.1. The van der Waals surface area contributed by atoms with Gasteiger partial charge in [0.25, 0.3) is 0 Å². The lowest BCUT2D eigenvalue weighted by atomic mass is 10.1. The van der Waals surface area contributed by atoms with E-state index in [1.54, 1.807) is 0 Å². The van der Waals surface area contributed by atoms with Crippen LogP contribution in [0.2, 0.25) is 0 Å². The van der Waals surface area contributed by atoms with Crippen molar-refractivity contribution in [1.82, 2.24) is 13.7 Å². The number of nitrogens with zero attached hydrogens (tertiary/aromatic N) is 3. The fourth-order valence-electron chi connectivity index (χ4n) is 7.55. The van der Waals surface area contributed by atoms with Crippen LogP contribution in [0.15, 0.2) is 158 Å². The minimum absolute atomic E-state index is 0.244. The summed E-state index contributed by atoms with van der Waals surface area (Å²) >= 11 is 0. The zero-order valence-electron chi connectivity index (χ0n) is 24.7. The van der Waals surface area contributed by atoms with Crippen LogP contribution in [-0.2, 0) is 0 Å². The van der Waals surface area contributed by atoms with Gasteiger partial charge in [-0.1, -0.05) is 72.8 Å². The number of para-hydroxylation sites is 4. The van der Waals surface area contributed by atoms with Gasteiger partial charge < -0.3 is 13.7 Å². The molecule has 216 valence electrons. The van der Waals surface area contributed by atoms with Crippen molar-refractivity contribution in [3.05, 3.63) is 164 Å². The third-order valence-electron chi connectivity index (χ3n) is 9.49. The summed E-state index contributed by atoms with van der Waals surface area (Å²) in [7, 11) is 0. The van der Waals surface area contributed by atoms with Crippen molar-refractivity contribution in [3.8, 4) is 17.1 Å². The van der Waals surface area contributed by atoms with Crippen LogP contribution in [0.25, 0.3) is 82.5 Å². The van der Waals surface area contributed by atoms with E-state index in [-0.39, 0.29) is 5.82 Å². The van der Waals surface area contributed by atoms with Crippen LogP contribution < -0.4 is 0 Å². The molecule has 7 aromatic carbocycles. The standard InChI is InChI=1S/C42H26FN3/c43-27-17-19-28(20-18-27)44-41-23-21-29(45-37-13-5-1-9-31(37)32-10-2-6-14-38(32)45)25-35(41)36-26-30(22-24-42(36)44)46-39-15-7-3-11-33(39)34-12-4-8-16-40(34)46/h1-26H. The smallest absolute Gasteiger partial charge is 0.123 e. The van der Waals surface area contributed by atoms with Crippen molar-refractivity contribution in [3.63, 3.8) is 0 Å². The van der Waals surface area contributed by atoms with Gasteiger partial charge in [0.1, 0.15) is 5.82 Å². The van der Waals surface area contributed by atoms with E-state index >= 15 is 0 Å². The van der Waals surface area contributed by atoms with Crippen LogP contribution in [0.5, 0.6) is 0 Å². The van der Waals surface area contributed by atoms with Gasteiger partial charge in [0.05, 0.1) is 33.1 Å². The van der Waals surface area contributed by atoms with E-state index in [1.165, 1.54) is 55.7 Å². The molecular weight excluding hydrogens is 565 g/mol. The lowest BCUT2D eigenvalue weighted by Crippen LogP contribution is -1.96. The maximum atomic E-state index is 14.1. The molecular formula is C42H26FN3. The summed E-state index contributed by atoms with van der Waals surface area (Å²) < 4.78 is 21.0. The number of hydrogen-bond acceptors (Lipinski definition) is 0. The zero-order valence-corrected chi connectivity index (χ0v) is 24.7. The Balaban J connectivity index is 1.30. The van der Waals surface area contributed by atoms with E-state index in [2.05, 4.69) is 147 Å². The Hall–Kier alpha value is -6.13. The van der Waals surface area contributed by atoms with Crippen LogP contribution in [0.3, 0.4) is 0 Å². The number of aromatic nitrogens is 3. The van der Waals surface area contributed by atoms with E-state index in [9.17, 15) is 4.39 Å². The molecule has 10 aromatic rings. The Morgan fingerprint density at radius 2 is 0.587 bits per heavy atom. The molecule has 0 radical (unpaired) electrons. The molecule has 0 atom stereocenters. The third-order valence-corrected chi connectivity index (χ3v) is 9.49. The fourth-order valence-corrected chi connectivity index (χ4v) is 7.55. The highest BCUT2D eigenvalue weighted by molar-refractivity contribution is 6.14. The predicted molar refractivity (Wildman–Crippen MR) is 189 cm³/mol. The van der Waals surface area contributed by atoms with Gasteiger partial charge in [0.2, 0.25) is 0 Å². The highest BCUT2D eigenvalue weighted by Crippen LogP contribution is 2.39. The number of fused-ring (bicyclic) bond motifs is 9. The van der Waals surface area contributed by atoms with Crippen molar-refractivity contribution in [2.45, 2.75) is 0 Å². The topological polar surface area (TPSA) is 14.8 Å². The highest BCUT2D eigenvalue weighted by Gasteiger charge is 2.18. The van der Waals surface area contributed by atoms with Crippen molar-refractivity contribution in [2.75, 3.05) is 0 Å². The molecule has 3 aromatic heterocycles. The van der Waals surface area contributed by atoms with Crippen molar-refractivity contribution < 1.29 is 4.39 Å². The highest BCUT2D eigenvalue weighted by atomic mass is 19.1. The summed E-state index contributed by atoms with van der Waals surface area (Å²) in [5, 5.41) is 7.23. The zero-order chi connectivity index (χ0) is 30.4. The molecule has 0 aliphatic carbocycles. The molecule has 46 heavy (non-hydrogen) atoms. The first-order chi connectivity index (χ1) is 22.7. The molecule has 0 bridgehead atoms. The molecule has 0 aliphatic heterocycles. The molecule has 10 rings (SSSR count). The van der Waals surface area contributed by atoms with Gasteiger partial charge in [0, 0.05) is 49.4 Å². The van der Waals surface area contributed by atoms with E-state index in [4.69, 9.17) is 0 Å². The van der Waals surface area contributed by atoms with Crippen LogP contribution in [0.4, 0.5) is 4.39 Å². The van der Waals surface area contributed by atoms with E-state index in [0.717, 1.165) is 38.9 Å². The van der Waals surface area contributed by atoms with Gasteiger partial charge in [-0.05, 0) is 84.9 Å². The maximum absolute atomic E-state index is 14.1. The Morgan fingerprint density at radius 1 is 0.283 bits per heavy atom. The average molecular weight is 592 g/mol. The van der Waals surface area contributed by atoms with Gasteiger partial charge in [-0.2, -0.15) is 0 Å². The molecule has 0 saturated heterocycles. The Morgan fingerprint density at radius 3 is 0.978 bits per heavy atom. The summed E-state index contributed by atoms with van der Waals surface area (Å²) in [6, 6.07) is 54.7. The molecule has 0 fully saturated rings. The van der Waals surface area contributed by atoms with Crippen LogP contribution >= 0.6 is 0 Å². The van der Waals surface area contributed by atoms with E-state index in [0.29, 0.717) is 0 Å². The summed E-state index contributed by atoms with van der Waals surface area (Å²) in [6.45, 7) is 0. The van der Waals surface area contributed by atoms with Gasteiger partial charge in [-0.15, -0.1) is 0 Å². The molecule has 0 amide bonds. The van der Waals surface area contributed by atoms with Crippen molar-refractivity contribution >= 4 is 65.4 Å². The first-order valence-electron chi connectivity index (χ1n) is 15.6. The molecule has 0 aliphatic rings. The molecule has 0 spiro atoms. The van der Waals surface area contributed by atoms with E-state index in [1.807, 2.05) is 12.1 Å². The van der Waals surface area contributed by atoms with Gasteiger partial charge in [0.15, 0.2) is 0 Å². The number of halogens is 1. The SMILES string of the molecule is Fc1ccc(-n2c3ccc(-n4c5ccccc5c5ccccc54)cc3c3cc(-n4c5ccccc5c5ccccc54)ccc32)cc1. The van der Waals surface area contributed by atoms with Crippen molar-refractivity contribution in [2.24, 2.45) is 0 Å². The van der Waals surface area contributed by atoms with Crippen LogP contribution in [-0.4, -0.2) is 13.7 Å². The summed E-state index contributed by atoms with van der Waals surface area (Å²) in [4.78, 5) is 0. The van der Waals surface area contributed by atoms with Gasteiger partial charge in [-0.3, -0.25) is 0 Å². The summed E-state index contributed by atoms with van der Waals surface area (Å²) in [6.07, 6.45) is 0. The first-order valence-corrected chi connectivity index (χ1v) is 15.6. The molecule has 3 heterocycles. The Kier molecular flexibility index (Phi) is 5.17. The van der Waals surface area contributed by atoms with Crippen LogP contribution in [0, 0.1) is 5.82 Å². The minimum atomic E-state index is -0.244. The normalized spacial score (nSPS) is 12.0. The number of benzene rings is 7. The lowest BCUT2D eigenvalue weighted by molar-refractivity contribution is 0.627. The molecule has 0 saturated carbocycles. The summed E-state index contributed by atoms with van der Waals surface area (Å²) in [5.41, 5.74) is 9.99. The molecule has 0 N–H and O–H groups in total. The first kappa shape index (κ1) is 25.2. The van der Waals surface area contributed by atoms with Gasteiger partial charge >= 0.3 is 0 Å². The largest absolute Gasteiger partial charge is 0.309 e. The number of rotatable bonds is 3. The average Bonchev–Trinajstić information content (AvgIpc) is 3.74. The third kappa shape index (κ3) is 3.47. The second kappa shape index (κ2) is 9.43. The lowest BCUT2D eigenvalue weighted by Gasteiger charge is -2.10. The Labute approximate surface area is 263 Å². The quantitative estimate of drug-likeness (QED) is 0.194. The minimum Gasteiger partial charge on any atom is -0.309 e. The molecule has 3 nitrogen and oxygen atoms in total. The van der Waals surface area contributed by atoms with E-state index < -0.39 is 0 Å². The number of hydrogen-bond donors (Lipinski definition) is 0. The maximum Gasteiger partial charge on any atom is 0.123 e. The fraction of sp³-hybridized carbons (Fsp3) is 0. The Bertz CT molecular complexity index is 2530. The van der Waals surface area contributed by atoms with Gasteiger partial charge in [-0.25, -0.2) is 4.39 Å². The monoisotopic (exact) mass is 591 g/mol. The second-order valence-corrected chi connectivity index (χ2v) is 12.0. The molecule has 4 heteroatoms. The van der Waals surface area contributed by atoms with Crippen molar-refractivity contribution in [1.29, 1.82) is 0 Å². The molecule has 0 unspecified atom stereocenters. The van der Waals surface area contributed by atoms with Crippen LogP contribution in [0.1, 0.15) is 0 Å².